The van der Waals surface area contributed by atoms with Gasteiger partial charge in [-0.1, -0.05) is 6.92 Å². The molecular formula is C20H23N5O2S. The van der Waals surface area contributed by atoms with Crippen molar-refractivity contribution in [3.63, 3.8) is 0 Å². The molecule has 28 heavy (non-hydrogen) atoms. The number of imidazole rings is 1. The zero-order valence-corrected chi connectivity index (χ0v) is 16.8. The van der Waals surface area contributed by atoms with Crippen molar-refractivity contribution in [1.82, 2.24) is 9.38 Å². The molecule has 1 aromatic carbocycles. The van der Waals surface area contributed by atoms with Gasteiger partial charge in [-0.15, -0.1) is 11.3 Å². The topological polar surface area (TPSA) is 92.7 Å². The number of carbonyl (C=O) groups is 2. The largest absolute Gasteiger partial charge is 0.370 e. The van der Waals surface area contributed by atoms with Crippen LogP contribution < -0.4 is 16.0 Å². The summed E-state index contributed by atoms with van der Waals surface area (Å²) in [7, 11) is 0. The number of nitrogens with one attached hydrogen (secondary N) is 1. The molecule has 1 atom stereocenters. The Kier molecular flexibility index (Phi) is 4.80. The number of thiazole rings is 1. The van der Waals surface area contributed by atoms with Crippen molar-refractivity contribution in [3.8, 4) is 0 Å². The lowest BCUT2D eigenvalue weighted by Crippen LogP contribution is -2.35. The fourth-order valence-corrected chi connectivity index (χ4v) is 4.62. The smallest absolute Gasteiger partial charge is 0.273 e. The van der Waals surface area contributed by atoms with E-state index in [9.17, 15) is 9.59 Å². The molecule has 0 bridgehead atoms. The first-order valence-electron chi connectivity index (χ1n) is 9.35. The molecule has 2 amide bonds. The van der Waals surface area contributed by atoms with Gasteiger partial charge in [0, 0.05) is 30.2 Å². The highest BCUT2D eigenvalue weighted by atomic mass is 32.1. The first-order chi connectivity index (χ1) is 13.4. The van der Waals surface area contributed by atoms with Crippen LogP contribution in [-0.2, 0) is 0 Å². The Morgan fingerprint density at radius 1 is 1.36 bits per heavy atom. The van der Waals surface area contributed by atoms with E-state index < -0.39 is 5.91 Å². The number of amides is 2. The van der Waals surface area contributed by atoms with Crippen LogP contribution in [-0.4, -0.2) is 34.3 Å². The Balaban J connectivity index is 1.69. The van der Waals surface area contributed by atoms with Gasteiger partial charge in [0.05, 0.1) is 17.1 Å². The van der Waals surface area contributed by atoms with E-state index in [2.05, 4.69) is 22.1 Å². The first-order valence-corrected chi connectivity index (χ1v) is 10.2. The Morgan fingerprint density at radius 3 is 2.93 bits per heavy atom. The predicted octanol–water partition coefficient (Wildman–Crippen LogP) is 3.29. The third-order valence-corrected chi connectivity index (χ3v) is 5.93. The molecule has 7 nitrogen and oxygen atoms in total. The number of primary amides is 1. The molecule has 0 unspecified atom stereocenters. The number of benzene rings is 1. The lowest BCUT2D eigenvalue weighted by molar-refractivity contribution is 0.0995. The SMILES string of the molecule is Cc1cn2c(C(=O)Nc3cc(C(N)=O)ccc3N3CCC[C@@H](C)C3)csc2n1. The number of nitrogens with two attached hydrogens (primary N) is 1. The number of aromatic nitrogens is 2. The molecule has 146 valence electrons. The first kappa shape index (κ1) is 18.5. The minimum atomic E-state index is -0.516. The highest BCUT2D eigenvalue weighted by Gasteiger charge is 2.22. The van der Waals surface area contributed by atoms with Gasteiger partial charge >= 0.3 is 0 Å². The summed E-state index contributed by atoms with van der Waals surface area (Å²) in [5, 5.41) is 4.78. The van der Waals surface area contributed by atoms with Crippen molar-refractivity contribution < 1.29 is 9.59 Å². The Morgan fingerprint density at radius 2 is 2.18 bits per heavy atom. The average molecular weight is 398 g/mol. The van der Waals surface area contributed by atoms with Gasteiger partial charge in [-0.3, -0.25) is 14.0 Å². The predicted molar refractivity (Wildman–Crippen MR) is 111 cm³/mol. The van der Waals surface area contributed by atoms with Gasteiger partial charge in [-0.2, -0.15) is 0 Å². The molecule has 1 aliphatic heterocycles. The maximum Gasteiger partial charge on any atom is 0.273 e. The monoisotopic (exact) mass is 397 g/mol. The highest BCUT2D eigenvalue weighted by molar-refractivity contribution is 7.15. The van der Waals surface area contributed by atoms with Gasteiger partial charge in [-0.25, -0.2) is 4.98 Å². The van der Waals surface area contributed by atoms with Crippen LogP contribution in [0, 0.1) is 12.8 Å². The Bertz CT molecular complexity index is 1050. The molecule has 3 aromatic rings. The molecule has 1 aliphatic rings. The van der Waals surface area contributed by atoms with E-state index >= 15 is 0 Å². The van der Waals surface area contributed by atoms with Crippen LogP contribution in [0.3, 0.4) is 0 Å². The zero-order chi connectivity index (χ0) is 19.8. The Labute approximate surface area is 167 Å². The summed E-state index contributed by atoms with van der Waals surface area (Å²) in [6.07, 6.45) is 4.14. The number of rotatable bonds is 4. The van der Waals surface area contributed by atoms with Gasteiger partial charge in [0.2, 0.25) is 5.91 Å². The maximum absolute atomic E-state index is 13.0. The van der Waals surface area contributed by atoms with E-state index in [4.69, 9.17) is 5.73 Å². The molecular weight excluding hydrogens is 374 g/mol. The van der Waals surface area contributed by atoms with Crippen molar-refractivity contribution >= 4 is 39.5 Å². The number of hydrogen-bond donors (Lipinski definition) is 2. The van der Waals surface area contributed by atoms with E-state index in [1.807, 2.05) is 19.2 Å². The number of aryl methyl sites for hydroxylation is 1. The molecule has 0 radical (unpaired) electrons. The fourth-order valence-electron chi connectivity index (χ4n) is 3.72. The summed E-state index contributed by atoms with van der Waals surface area (Å²) in [4.78, 5) is 32.1. The van der Waals surface area contributed by atoms with E-state index in [1.54, 1.807) is 21.9 Å². The third kappa shape index (κ3) is 3.47. The van der Waals surface area contributed by atoms with Crippen molar-refractivity contribution in [3.05, 3.63) is 46.7 Å². The van der Waals surface area contributed by atoms with Crippen molar-refractivity contribution in [2.45, 2.75) is 26.7 Å². The van der Waals surface area contributed by atoms with Crippen LogP contribution in [0.2, 0.25) is 0 Å². The number of piperidine rings is 1. The zero-order valence-electron chi connectivity index (χ0n) is 15.9. The van der Waals surface area contributed by atoms with Gasteiger partial charge in [0.25, 0.3) is 5.91 Å². The minimum Gasteiger partial charge on any atom is -0.370 e. The molecule has 0 spiro atoms. The fraction of sp³-hybridized carbons (Fsp3) is 0.350. The summed E-state index contributed by atoms with van der Waals surface area (Å²) >= 11 is 1.42. The summed E-state index contributed by atoms with van der Waals surface area (Å²) in [6.45, 7) is 5.97. The van der Waals surface area contributed by atoms with Crippen LogP contribution in [0.15, 0.2) is 29.8 Å². The van der Waals surface area contributed by atoms with Crippen molar-refractivity contribution in [1.29, 1.82) is 0 Å². The molecule has 1 fully saturated rings. The molecule has 4 rings (SSSR count). The number of nitrogens with zero attached hydrogens (tertiary/aromatic N) is 3. The Hall–Kier alpha value is -2.87. The number of fused-ring (bicyclic) bond motifs is 1. The summed E-state index contributed by atoms with van der Waals surface area (Å²) < 4.78 is 1.79. The second-order valence-electron chi connectivity index (χ2n) is 7.40. The molecule has 1 saturated heterocycles. The van der Waals surface area contributed by atoms with E-state index in [0.717, 1.165) is 35.9 Å². The average Bonchev–Trinajstić information content (AvgIpc) is 3.20. The normalized spacial score (nSPS) is 17.1. The van der Waals surface area contributed by atoms with Crippen LogP contribution in [0.4, 0.5) is 11.4 Å². The maximum atomic E-state index is 13.0. The van der Waals surface area contributed by atoms with Crippen LogP contribution >= 0.6 is 11.3 Å². The van der Waals surface area contributed by atoms with E-state index in [0.29, 0.717) is 22.9 Å². The molecule has 0 saturated carbocycles. The van der Waals surface area contributed by atoms with Crippen molar-refractivity contribution in [2.75, 3.05) is 23.3 Å². The van der Waals surface area contributed by atoms with Crippen LogP contribution in [0.5, 0.6) is 0 Å². The van der Waals surface area contributed by atoms with E-state index in [1.165, 1.54) is 17.8 Å². The molecule has 3 N–H and O–H groups in total. The van der Waals surface area contributed by atoms with Crippen LogP contribution in [0.25, 0.3) is 4.96 Å². The van der Waals surface area contributed by atoms with Crippen molar-refractivity contribution in [2.24, 2.45) is 11.7 Å². The number of hydrogen-bond acceptors (Lipinski definition) is 5. The number of anilines is 2. The summed E-state index contributed by atoms with van der Waals surface area (Å²) in [5.41, 5.74) is 8.73. The molecule has 0 aliphatic carbocycles. The summed E-state index contributed by atoms with van der Waals surface area (Å²) in [6, 6.07) is 5.25. The van der Waals surface area contributed by atoms with Gasteiger partial charge < -0.3 is 16.0 Å². The minimum absolute atomic E-state index is 0.239. The van der Waals surface area contributed by atoms with Gasteiger partial charge in [0.1, 0.15) is 5.69 Å². The van der Waals surface area contributed by atoms with Gasteiger partial charge in [-0.05, 0) is 43.9 Å². The molecule has 3 heterocycles. The lowest BCUT2D eigenvalue weighted by atomic mass is 9.99. The second-order valence-corrected chi connectivity index (χ2v) is 8.24. The molecule has 8 heteroatoms. The quantitative estimate of drug-likeness (QED) is 0.706. The third-order valence-electron chi connectivity index (χ3n) is 5.09. The number of carbonyl (C=O) groups excluding carboxylic acids is 2. The van der Waals surface area contributed by atoms with E-state index in [-0.39, 0.29) is 5.91 Å². The lowest BCUT2D eigenvalue weighted by Gasteiger charge is -2.34. The summed E-state index contributed by atoms with van der Waals surface area (Å²) in [5.74, 6) is -0.174. The molecule has 2 aromatic heterocycles. The second kappa shape index (κ2) is 7.27. The highest BCUT2D eigenvalue weighted by Crippen LogP contribution is 2.31. The van der Waals surface area contributed by atoms with Crippen LogP contribution in [0.1, 0.15) is 46.3 Å². The standard InChI is InChI=1S/C20H23N5O2S/c1-12-4-3-7-24(9-12)16-6-5-14(18(21)26)8-15(16)23-19(27)17-11-28-20-22-13(2)10-25(17)20/h5-6,8,10-12H,3-4,7,9H2,1-2H3,(H2,21,26)(H,23,27)/t12-/m1/s1. The van der Waals surface area contributed by atoms with Gasteiger partial charge in [0.15, 0.2) is 4.96 Å².